The Balaban J connectivity index is 2.80. The van der Waals surface area contributed by atoms with Crippen LogP contribution in [-0.2, 0) is 11.8 Å². The largest absolute Gasteiger partial charge is 0.328 e. The number of aryl methyl sites for hydroxylation is 1. The molecule has 0 aliphatic heterocycles. The second-order valence-corrected chi connectivity index (χ2v) is 2.82. The third-order valence-corrected chi connectivity index (χ3v) is 2.09. The highest BCUT2D eigenvalue weighted by atomic mass is 16.1. The van der Waals surface area contributed by atoms with Gasteiger partial charge in [-0.05, 0) is 12.1 Å². The molecule has 1 aromatic heterocycles. The van der Waals surface area contributed by atoms with E-state index in [4.69, 9.17) is 0 Å². The Morgan fingerprint density at radius 3 is 2.85 bits per heavy atom. The highest BCUT2D eigenvalue weighted by Crippen LogP contribution is 2.23. The lowest BCUT2D eigenvalue weighted by atomic mass is 10.2. The fourth-order valence-corrected chi connectivity index (χ4v) is 1.43. The quantitative estimate of drug-likeness (QED) is 0.479. The number of hydrogen-bond acceptors (Lipinski definition) is 2. The number of benzene rings is 1. The molecule has 13 heavy (non-hydrogen) atoms. The van der Waals surface area contributed by atoms with E-state index in [1.54, 1.807) is 0 Å². The molecule has 0 radical (unpaired) electrons. The summed E-state index contributed by atoms with van der Waals surface area (Å²) in [5, 5.41) is 1.08. The normalized spacial score (nSPS) is 9.92. The van der Waals surface area contributed by atoms with Crippen LogP contribution in [0.25, 0.3) is 10.9 Å². The summed E-state index contributed by atoms with van der Waals surface area (Å²) in [6, 6.07) is 9.74. The summed E-state index contributed by atoms with van der Waals surface area (Å²) in [4.78, 5) is 13.7. The number of para-hydroxylation sites is 1. The topological polar surface area (TPSA) is 34.4 Å². The number of aromatic nitrogens is 1. The van der Waals surface area contributed by atoms with Crippen molar-refractivity contribution in [3.05, 3.63) is 30.3 Å². The molecule has 0 saturated carbocycles. The van der Waals surface area contributed by atoms with E-state index in [2.05, 4.69) is 4.99 Å². The Morgan fingerprint density at radius 2 is 2.15 bits per heavy atom. The van der Waals surface area contributed by atoms with E-state index in [0.717, 1.165) is 10.9 Å². The predicted octanol–water partition coefficient (Wildman–Crippen LogP) is 2.15. The molecule has 0 aliphatic rings. The summed E-state index contributed by atoms with van der Waals surface area (Å²) >= 11 is 0. The number of aliphatic imine (C=N–C) groups is 1. The molecular weight excluding hydrogens is 164 g/mol. The van der Waals surface area contributed by atoms with Gasteiger partial charge < -0.3 is 4.57 Å². The third-order valence-electron chi connectivity index (χ3n) is 2.09. The predicted molar refractivity (Wildman–Crippen MR) is 50.7 cm³/mol. The van der Waals surface area contributed by atoms with Crippen LogP contribution in [0.1, 0.15) is 0 Å². The zero-order valence-electron chi connectivity index (χ0n) is 7.19. The summed E-state index contributed by atoms with van der Waals surface area (Å²) < 4.78 is 1.86. The standard InChI is InChI=1S/C10H8N2O/c1-12-9-5-3-2-4-8(9)6-10(12)11-7-13/h2-6H,1H3. The molecule has 3 heteroatoms. The van der Waals surface area contributed by atoms with Gasteiger partial charge in [-0.2, -0.15) is 0 Å². The van der Waals surface area contributed by atoms with E-state index in [0.29, 0.717) is 5.82 Å². The van der Waals surface area contributed by atoms with Crippen molar-refractivity contribution in [2.45, 2.75) is 0 Å². The van der Waals surface area contributed by atoms with Gasteiger partial charge in [-0.15, -0.1) is 4.99 Å². The van der Waals surface area contributed by atoms with Gasteiger partial charge in [0.25, 0.3) is 0 Å². The van der Waals surface area contributed by atoms with Crippen molar-refractivity contribution >= 4 is 22.8 Å². The zero-order chi connectivity index (χ0) is 9.26. The van der Waals surface area contributed by atoms with Gasteiger partial charge in [0.15, 0.2) is 0 Å². The summed E-state index contributed by atoms with van der Waals surface area (Å²) in [6.45, 7) is 0. The Morgan fingerprint density at radius 1 is 1.38 bits per heavy atom. The maximum absolute atomic E-state index is 10.1. The van der Waals surface area contributed by atoms with Crippen LogP contribution >= 0.6 is 0 Å². The van der Waals surface area contributed by atoms with E-state index in [1.165, 1.54) is 6.08 Å². The van der Waals surface area contributed by atoms with Gasteiger partial charge >= 0.3 is 0 Å². The van der Waals surface area contributed by atoms with Gasteiger partial charge in [0.1, 0.15) is 5.82 Å². The molecule has 0 fully saturated rings. The van der Waals surface area contributed by atoms with Gasteiger partial charge in [0.2, 0.25) is 6.08 Å². The molecule has 0 spiro atoms. The first kappa shape index (κ1) is 7.77. The van der Waals surface area contributed by atoms with Crippen molar-refractivity contribution in [2.24, 2.45) is 12.0 Å². The van der Waals surface area contributed by atoms with Crippen LogP contribution in [-0.4, -0.2) is 10.6 Å². The minimum absolute atomic E-state index is 0.635. The molecule has 2 rings (SSSR count). The van der Waals surface area contributed by atoms with Crippen molar-refractivity contribution in [2.75, 3.05) is 0 Å². The lowest BCUT2D eigenvalue weighted by Gasteiger charge is -1.95. The van der Waals surface area contributed by atoms with E-state index in [-0.39, 0.29) is 0 Å². The number of hydrogen-bond donors (Lipinski definition) is 0. The lowest BCUT2D eigenvalue weighted by Crippen LogP contribution is -1.84. The van der Waals surface area contributed by atoms with E-state index in [1.807, 2.05) is 41.9 Å². The summed E-state index contributed by atoms with van der Waals surface area (Å²) in [5.41, 5.74) is 1.07. The fraction of sp³-hybridized carbons (Fsp3) is 0.100. The van der Waals surface area contributed by atoms with E-state index >= 15 is 0 Å². The van der Waals surface area contributed by atoms with E-state index < -0.39 is 0 Å². The zero-order valence-corrected chi connectivity index (χ0v) is 7.19. The second-order valence-electron chi connectivity index (χ2n) is 2.82. The monoisotopic (exact) mass is 172 g/mol. The number of isocyanates is 1. The van der Waals surface area contributed by atoms with Crippen molar-refractivity contribution in [1.29, 1.82) is 0 Å². The van der Waals surface area contributed by atoms with Crippen molar-refractivity contribution in [3.8, 4) is 0 Å². The van der Waals surface area contributed by atoms with Crippen LogP contribution in [0.5, 0.6) is 0 Å². The molecule has 0 saturated heterocycles. The first-order valence-electron chi connectivity index (χ1n) is 3.95. The Bertz CT molecular complexity index is 493. The summed E-state index contributed by atoms with van der Waals surface area (Å²) in [7, 11) is 1.87. The smallest absolute Gasteiger partial charge is 0.242 e. The Kier molecular flexibility index (Phi) is 1.72. The maximum Gasteiger partial charge on any atom is 0.242 e. The number of fused-ring (bicyclic) bond motifs is 1. The average Bonchev–Trinajstić information content (AvgIpc) is 2.46. The molecule has 1 aromatic carbocycles. The van der Waals surface area contributed by atoms with Crippen LogP contribution in [0, 0.1) is 0 Å². The van der Waals surface area contributed by atoms with Crippen molar-refractivity contribution < 1.29 is 4.79 Å². The molecule has 0 atom stereocenters. The van der Waals surface area contributed by atoms with Crippen molar-refractivity contribution in [1.82, 2.24) is 4.57 Å². The number of rotatable bonds is 1. The summed E-state index contributed by atoms with van der Waals surface area (Å²) in [5.74, 6) is 0.635. The first-order valence-corrected chi connectivity index (χ1v) is 3.95. The van der Waals surface area contributed by atoms with Gasteiger partial charge in [0, 0.05) is 18.0 Å². The van der Waals surface area contributed by atoms with Crippen LogP contribution in [0.4, 0.5) is 5.82 Å². The average molecular weight is 172 g/mol. The molecule has 0 amide bonds. The van der Waals surface area contributed by atoms with Crippen LogP contribution in [0.3, 0.4) is 0 Å². The van der Waals surface area contributed by atoms with Crippen LogP contribution in [0.2, 0.25) is 0 Å². The molecule has 64 valence electrons. The molecule has 1 heterocycles. The number of nitrogens with zero attached hydrogens (tertiary/aromatic N) is 2. The highest BCUT2D eigenvalue weighted by Gasteiger charge is 2.02. The fourth-order valence-electron chi connectivity index (χ4n) is 1.43. The minimum atomic E-state index is 0.635. The van der Waals surface area contributed by atoms with Crippen LogP contribution in [0.15, 0.2) is 35.3 Å². The molecule has 0 unspecified atom stereocenters. The Labute approximate surface area is 75.3 Å². The highest BCUT2D eigenvalue weighted by molar-refractivity contribution is 5.84. The molecule has 2 aromatic rings. The lowest BCUT2D eigenvalue weighted by molar-refractivity contribution is 0.565. The van der Waals surface area contributed by atoms with Gasteiger partial charge in [-0.25, -0.2) is 4.79 Å². The molecule has 3 nitrogen and oxygen atoms in total. The Hall–Kier alpha value is -1.86. The molecule has 0 aliphatic carbocycles. The second kappa shape index (κ2) is 2.88. The first-order chi connectivity index (χ1) is 6.33. The SMILES string of the molecule is Cn1c(N=C=O)cc2ccccc21. The van der Waals surface area contributed by atoms with E-state index in [9.17, 15) is 4.79 Å². The van der Waals surface area contributed by atoms with Crippen LogP contribution < -0.4 is 0 Å². The van der Waals surface area contributed by atoms with Crippen molar-refractivity contribution in [3.63, 3.8) is 0 Å². The number of carbonyl (C=O) groups excluding carboxylic acids is 1. The molecule has 0 bridgehead atoms. The van der Waals surface area contributed by atoms with Gasteiger partial charge in [-0.3, -0.25) is 0 Å². The maximum atomic E-state index is 10.1. The minimum Gasteiger partial charge on any atom is -0.328 e. The van der Waals surface area contributed by atoms with Gasteiger partial charge in [-0.1, -0.05) is 18.2 Å². The molecular formula is C10H8N2O. The van der Waals surface area contributed by atoms with Gasteiger partial charge in [0.05, 0.1) is 0 Å². The molecule has 0 N–H and O–H groups in total. The summed E-state index contributed by atoms with van der Waals surface area (Å²) in [6.07, 6.45) is 1.54. The third kappa shape index (κ3) is 1.15.